The van der Waals surface area contributed by atoms with Gasteiger partial charge in [-0.2, -0.15) is 0 Å². The Labute approximate surface area is 136 Å². The number of carbonyl (C=O) groups excluding carboxylic acids is 2. The molecule has 24 heavy (non-hydrogen) atoms. The quantitative estimate of drug-likeness (QED) is 0.714. The van der Waals surface area contributed by atoms with Crippen LogP contribution in [0.5, 0.6) is 5.75 Å². The fraction of sp³-hybridized carbons (Fsp3) is 0.312. The lowest BCUT2D eigenvalue weighted by molar-refractivity contribution is -0.137. The number of hydrogen-bond acceptors (Lipinski definition) is 5. The summed E-state index contributed by atoms with van der Waals surface area (Å²) in [6.07, 6.45) is 0. The molecule has 1 aliphatic carbocycles. The van der Waals surface area contributed by atoms with Gasteiger partial charge in [0.2, 0.25) is 0 Å². The summed E-state index contributed by atoms with van der Waals surface area (Å²) in [6.45, 7) is 2.27. The number of carbonyl (C=O) groups is 3. The number of methoxy groups -OCH3 is 1. The zero-order valence-corrected chi connectivity index (χ0v) is 13.3. The number of aliphatic hydroxyl groups is 1. The summed E-state index contributed by atoms with van der Waals surface area (Å²) in [6, 6.07) is 1.35. The molecule has 8 heteroatoms. The molecule has 1 aromatic rings. The number of carboxylic acid groups (broad SMARTS) is 1. The van der Waals surface area contributed by atoms with E-state index in [2.05, 4.69) is 0 Å². The van der Waals surface area contributed by atoms with Crippen LogP contribution in [0.2, 0.25) is 0 Å². The Bertz CT molecular complexity index is 783. The fourth-order valence-electron chi connectivity index (χ4n) is 2.71. The molecule has 1 amide bonds. The largest absolute Gasteiger partial charge is 0.506 e. The highest BCUT2D eigenvalue weighted by Gasteiger charge is 2.39. The minimum atomic E-state index is -1.30. The Morgan fingerprint density at radius 1 is 1.42 bits per heavy atom. The molecule has 1 aromatic carbocycles. The van der Waals surface area contributed by atoms with Crippen LogP contribution in [0.1, 0.15) is 29.5 Å². The molecule has 0 heterocycles. The molecule has 2 rings (SSSR count). The maximum atomic E-state index is 14.5. The summed E-state index contributed by atoms with van der Waals surface area (Å²) in [5.41, 5.74) is -0.169. The van der Waals surface area contributed by atoms with Crippen molar-refractivity contribution in [3.63, 3.8) is 0 Å². The minimum absolute atomic E-state index is 0.0425. The first-order chi connectivity index (χ1) is 11.2. The van der Waals surface area contributed by atoms with Gasteiger partial charge in [0.15, 0.2) is 17.3 Å². The van der Waals surface area contributed by atoms with Gasteiger partial charge < -0.3 is 20.3 Å². The number of ketones is 1. The van der Waals surface area contributed by atoms with E-state index in [4.69, 9.17) is 9.84 Å². The average molecular weight is 337 g/mol. The summed E-state index contributed by atoms with van der Waals surface area (Å²) in [5.74, 6) is -5.67. The lowest BCUT2D eigenvalue weighted by Crippen LogP contribution is -2.36. The van der Waals surface area contributed by atoms with E-state index in [1.165, 1.54) is 20.1 Å². The molecule has 0 aliphatic heterocycles. The average Bonchev–Trinajstić information content (AvgIpc) is 2.52. The zero-order chi connectivity index (χ0) is 18.2. The van der Waals surface area contributed by atoms with Gasteiger partial charge in [-0.05, 0) is 18.6 Å². The van der Waals surface area contributed by atoms with Crippen LogP contribution in [-0.4, -0.2) is 41.5 Å². The standard InChI is InChI=1S/C16H16FNO6/c1-6-4-8(24-3)13(17)11-7(2)14(21)12(15(22)10(6)11)16(23)18-5-9(19)20/h4,7,22H,5H2,1-3H3,(H,18,23)(H,19,20). The third-order valence-electron chi connectivity index (χ3n) is 3.86. The first-order valence-corrected chi connectivity index (χ1v) is 7.05. The summed E-state index contributed by atoms with van der Waals surface area (Å²) >= 11 is 0. The van der Waals surface area contributed by atoms with Crippen LogP contribution in [0, 0.1) is 12.7 Å². The predicted octanol–water partition coefficient (Wildman–Crippen LogP) is 1.30. The molecule has 1 aliphatic rings. The Morgan fingerprint density at radius 3 is 2.58 bits per heavy atom. The van der Waals surface area contributed by atoms with Crippen molar-refractivity contribution in [1.29, 1.82) is 0 Å². The van der Waals surface area contributed by atoms with E-state index in [1.54, 1.807) is 6.92 Å². The Morgan fingerprint density at radius 2 is 2.04 bits per heavy atom. The van der Waals surface area contributed by atoms with Gasteiger partial charge in [-0.1, -0.05) is 6.92 Å². The first kappa shape index (κ1) is 17.5. The summed E-state index contributed by atoms with van der Waals surface area (Å²) in [7, 11) is 1.28. The number of hydrogen-bond donors (Lipinski definition) is 3. The van der Waals surface area contributed by atoms with Gasteiger partial charge in [0, 0.05) is 17.0 Å². The Kier molecular flexibility index (Phi) is 4.59. The van der Waals surface area contributed by atoms with Crippen LogP contribution in [0.25, 0.3) is 5.76 Å². The van der Waals surface area contributed by atoms with Gasteiger partial charge in [0.05, 0.1) is 7.11 Å². The number of aliphatic hydroxyl groups excluding tert-OH is 1. The number of aryl methyl sites for hydroxylation is 1. The van der Waals surface area contributed by atoms with Gasteiger partial charge >= 0.3 is 5.97 Å². The Hall–Kier alpha value is -2.90. The van der Waals surface area contributed by atoms with Gasteiger partial charge in [-0.3, -0.25) is 14.4 Å². The van der Waals surface area contributed by atoms with Gasteiger partial charge in [-0.15, -0.1) is 0 Å². The summed E-state index contributed by atoms with van der Waals surface area (Å²) in [5, 5.41) is 21.0. The molecule has 0 spiro atoms. The third kappa shape index (κ3) is 2.70. The molecule has 0 aromatic heterocycles. The molecule has 0 fully saturated rings. The molecule has 0 saturated heterocycles. The van der Waals surface area contributed by atoms with E-state index < -0.39 is 47.3 Å². The van der Waals surface area contributed by atoms with Crippen LogP contribution >= 0.6 is 0 Å². The summed E-state index contributed by atoms with van der Waals surface area (Å²) in [4.78, 5) is 35.0. The van der Waals surface area contributed by atoms with Crippen molar-refractivity contribution in [3.8, 4) is 5.75 Å². The molecular formula is C16H16FNO6. The van der Waals surface area contributed by atoms with Crippen molar-refractivity contribution in [2.75, 3.05) is 13.7 Å². The molecule has 0 radical (unpaired) electrons. The smallest absolute Gasteiger partial charge is 0.322 e. The normalized spacial score (nSPS) is 16.7. The fourth-order valence-corrected chi connectivity index (χ4v) is 2.71. The van der Waals surface area contributed by atoms with Crippen molar-refractivity contribution in [3.05, 3.63) is 34.1 Å². The van der Waals surface area contributed by atoms with Crippen molar-refractivity contribution < 1.29 is 33.7 Å². The second-order valence-corrected chi connectivity index (χ2v) is 5.38. The SMILES string of the molecule is COc1cc(C)c2c(c1F)C(C)C(=O)C(C(=O)NCC(=O)O)=C2O. The maximum absolute atomic E-state index is 14.5. The van der Waals surface area contributed by atoms with Gasteiger partial charge in [-0.25, -0.2) is 4.39 Å². The maximum Gasteiger partial charge on any atom is 0.322 e. The molecular weight excluding hydrogens is 321 g/mol. The second kappa shape index (κ2) is 6.31. The number of benzene rings is 1. The molecule has 1 unspecified atom stereocenters. The van der Waals surface area contributed by atoms with Crippen LogP contribution in [-0.2, 0) is 14.4 Å². The van der Waals surface area contributed by atoms with Crippen LogP contribution in [0.15, 0.2) is 11.6 Å². The van der Waals surface area contributed by atoms with Gasteiger partial charge in [0.25, 0.3) is 5.91 Å². The number of fused-ring (bicyclic) bond motifs is 1. The van der Waals surface area contributed by atoms with Crippen molar-refractivity contribution >= 4 is 23.4 Å². The second-order valence-electron chi connectivity index (χ2n) is 5.38. The zero-order valence-electron chi connectivity index (χ0n) is 13.3. The van der Waals surface area contributed by atoms with E-state index in [9.17, 15) is 23.9 Å². The van der Waals surface area contributed by atoms with Gasteiger partial charge in [0.1, 0.15) is 17.9 Å². The number of halogens is 1. The number of nitrogens with one attached hydrogen (secondary N) is 1. The number of carboxylic acids is 1. The molecule has 1 atom stereocenters. The van der Waals surface area contributed by atoms with Crippen LogP contribution in [0.3, 0.4) is 0 Å². The molecule has 0 saturated carbocycles. The number of aliphatic carboxylic acids is 1. The first-order valence-electron chi connectivity index (χ1n) is 7.05. The number of ether oxygens (including phenoxy) is 1. The molecule has 7 nitrogen and oxygen atoms in total. The lowest BCUT2D eigenvalue weighted by Gasteiger charge is -2.26. The highest BCUT2D eigenvalue weighted by molar-refractivity contribution is 6.27. The number of amides is 1. The van der Waals surface area contributed by atoms with Crippen LogP contribution < -0.4 is 10.1 Å². The van der Waals surface area contributed by atoms with Crippen molar-refractivity contribution in [1.82, 2.24) is 5.32 Å². The van der Waals surface area contributed by atoms with Crippen LogP contribution in [0.4, 0.5) is 4.39 Å². The number of rotatable bonds is 4. The van der Waals surface area contributed by atoms with E-state index >= 15 is 0 Å². The van der Waals surface area contributed by atoms with E-state index in [-0.39, 0.29) is 16.9 Å². The molecule has 0 bridgehead atoms. The Balaban J connectivity index is 2.65. The topological polar surface area (TPSA) is 113 Å². The lowest BCUT2D eigenvalue weighted by atomic mass is 9.79. The predicted molar refractivity (Wildman–Crippen MR) is 81.3 cm³/mol. The van der Waals surface area contributed by atoms with Crippen molar-refractivity contribution in [2.24, 2.45) is 0 Å². The third-order valence-corrected chi connectivity index (χ3v) is 3.86. The highest BCUT2D eigenvalue weighted by Crippen LogP contribution is 2.41. The monoisotopic (exact) mass is 337 g/mol. The van der Waals surface area contributed by atoms with E-state index in [0.29, 0.717) is 5.56 Å². The van der Waals surface area contributed by atoms with Crippen molar-refractivity contribution in [2.45, 2.75) is 19.8 Å². The van der Waals surface area contributed by atoms with E-state index in [1.807, 2.05) is 5.32 Å². The highest BCUT2D eigenvalue weighted by atomic mass is 19.1. The summed E-state index contributed by atoms with van der Waals surface area (Å²) < 4.78 is 19.4. The molecule has 3 N–H and O–H groups in total. The number of Topliss-reactive ketones (excluding diaryl/α,β-unsaturated/α-hetero) is 1. The van der Waals surface area contributed by atoms with E-state index in [0.717, 1.165) is 0 Å². The molecule has 128 valence electrons. The minimum Gasteiger partial charge on any atom is -0.506 e.